The number of nitrogens with two attached hydrogens (primary N) is 1. The minimum absolute atomic E-state index is 0.000324. The van der Waals surface area contributed by atoms with Gasteiger partial charge in [0.1, 0.15) is 5.41 Å². The van der Waals surface area contributed by atoms with Crippen molar-refractivity contribution in [2.75, 3.05) is 6.54 Å². The first-order valence-corrected chi connectivity index (χ1v) is 6.72. The third kappa shape index (κ3) is 2.31. The molecule has 1 saturated heterocycles. The van der Waals surface area contributed by atoms with Crippen molar-refractivity contribution in [1.29, 1.82) is 0 Å². The molecule has 3 N–H and O–H groups in total. The molecule has 0 radical (unpaired) electrons. The topological polar surface area (TPSA) is 78.9 Å². The van der Waals surface area contributed by atoms with E-state index in [0.29, 0.717) is 18.8 Å². The quantitative estimate of drug-likeness (QED) is 0.348. The molecular formula is C13H25N3O2. The van der Waals surface area contributed by atoms with Gasteiger partial charge in [0.2, 0.25) is 5.91 Å². The molecule has 18 heavy (non-hydrogen) atoms. The summed E-state index contributed by atoms with van der Waals surface area (Å²) < 4.78 is 0. The Morgan fingerprint density at radius 1 is 1.44 bits per heavy atom. The fraction of sp³-hybridized carbons (Fsp3) is 0.846. The molecule has 104 valence electrons. The number of hydrogen-bond acceptors (Lipinski definition) is 3. The summed E-state index contributed by atoms with van der Waals surface area (Å²) in [6.45, 7) is 8.78. The highest BCUT2D eigenvalue weighted by Gasteiger charge is 2.45. The van der Waals surface area contributed by atoms with E-state index >= 15 is 0 Å². The lowest BCUT2D eigenvalue weighted by Gasteiger charge is -2.35. The van der Waals surface area contributed by atoms with E-state index in [0.717, 1.165) is 13.0 Å². The third-order valence-electron chi connectivity index (χ3n) is 4.26. The summed E-state index contributed by atoms with van der Waals surface area (Å²) in [4.78, 5) is 14.6. The molecule has 1 heterocycles. The molecule has 0 aliphatic carbocycles. The summed E-state index contributed by atoms with van der Waals surface area (Å²) in [5.41, 5.74) is 4.92. The Labute approximate surface area is 109 Å². The van der Waals surface area contributed by atoms with Crippen molar-refractivity contribution in [3.05, 3.63) is 0 Å². The van der Waals surface area contributed by atoms with Crippen molar-refractivity contribution in [1.82, 2.24) is 4.90 Å². The summed E-state index contributed by atoms with van der Waals surface area (Å²) in [5.74, 6) is 0.548. The van der Waals surface area contributed by atoms with Crippen LogP contribution in [-0.4, -0.2) is 34.4 Å². The Morgan fingerprint density at radius 2 is 2.00 bits per heavy atom. The highest BCUT2D eigenvalue weighted by Crippen LogP contribution is 2.34. The Hall–Kier alpha value is -1.26. The Bertz CT molecular complexity index is 337. The van der Waals surface area contributed by atoms with Crippen LogP contribution in [0.25, 0.3) is 0 Å². The number of hydrogen-bond donors (Lipinski definition) is 2. The molecule has 2 unspecified atom stereocenters. The fourth-order valence-electron chi connectivity index (χ4n) is 2.98. The van der Waals surface area contributed by atoms with Crippen LogP contribution >= 0.6 is 0 Å². The number of likely N-dealkylation sites (tertiary alicyclic amines) is 1. The number of carbonyl (C=O) groups excluding carboxylic acids is 1. The Kier molecular flexibility index (Phi) is 4.59. The number of rotatable bonds is 4. The van der Waals surface area contributed by atoms with Gasteiger partial charge < -0.3 is 15.8 Å². The van der Waals surface area contributed by atoms with Crippen LogP contribution in [0.15, 0.2) is 5.16 Å². The Morgan fingerprint density at radius 3 is 2.33 bits per heavy atom. The van der Waals surface area contributed by atoms with Crippen molar-refractivity contribution in [2.45, 2.75) is 53.0 Å². The summed E-state index contributed by atoms with van der Waals surface area (Å²) in [5, 5.41) is 12.0. The van der Waals surface area contributed by atoms with E-state index in [1.807, 2.05) is 18.7 Å². The monoisotopic (exact) mass is 255 g/mol. The second kappa shape index (κ2) is 5.59. The number of amides is 1. The molecule has 5 nitrogen and oxygen atoms in total. The van der Waals surface area contributed by atoms with E-state index in [1.165, 1.54) is 0 Å². The van der Waals surface area contributed by atoms with Gasteiger partial charge >= 0.3 is 0 Å². The lowest BCUT2D eigenvalue weighted by molar-refractivity contribution is -0.139. The van der Waals surface area contributed by atoms with Crippen molar-refractivity contribution < 1.29 is 10.0 Å². The molecule has 0 spiro atoms. The molecule has 1 amide bonds. The third-order valence-corrected chi connectivity index (χ3v) is 4.26. The highest BCUT2D eigenvalue weighted by atomic mass is 16.4. The lowest BCUT2D eigenvalue weighted by atomic mass is 9.79. The maximum atomic E-state index is 12.7. The van der Waals surface area contributed by atoms with Gasteiger partial charge in [-0.1, -0.05) is 25.9 Å². The van der Waals surface area contributed by atoms with Gasteiger partial charge in [-0.15, -0.1) is 0 Å². The zero-order chi connectivity index (χ0) is 13.9. The number of oxime groups is 1. The molecule has 1 aliphatic rings. The molecule has 2 atom stereocenters. The average Bonchev–Trinajstić information content (AvgIpc) is 2.69. The lowest BCUT2D eigenvalue weighted by Crippen LogP contribution is -2.51. The van der Waals surface area contributed by atoms with E-state index in [4.69, 9.17) is 10.9 Å². The normalized spacial score (nSPS) is 25.6. The smallest absolute Gasteiger partial charge is 0.236 e. The van der Waals surface area contributed by atoms with Crippen LogP contribution in [0.3, 0.4) is 0 Å². The Balaban J connectivity index is 3.04. The van der Waals surface area contributed by atoms with Gasteiger partial charge in [-0.3, -0.25) is 4.79 Å². The van der Waals surface area contributed by atoms with Gasteiger partial charge in [0, 0.05) is 12.6 Å². The van der Waals surface area contributed by atoms with Crippen LogP contribution in [0.5, 0.6) is 0 Å². The van der Waals surface area contributed by atoms with E-state index in [1.54, 1.807) is 0 Å². The summed E-state index contributed by atoms with van der Waals surface area (Å²) in [6.07, 6.45) is 2.12. The van der Waals surface area contributed by atoms with Crippen LogP contribution in [0.1, 0.15) is 47.0 Å². The minimum Gasteiger partial charge on any atom is -0.409 e. The molecule has 0 saturated carbocycles. The maximum absolute atomic E-state index is 12.7. The summed E-state index contributed by atoms with van der Waals surface area (Å²) in [6, 6.07) is 0.233. The van der Waals surface area contributed by atoms with Crippen LogP contribution in [-0.2, 0) is 4.79 Å². The van der Waals surface area contributed by atoms with Gasteiger partial charge in [0.25, 0.3) is 0 Å². The van der Waals surface area contributed by atoms with Crippen LogP contribution in [0.2, 0.25) is 0 Å². The van der Waals surface area contributed by atoms with Crippen LogP contribution in [0.4, 0.5) is 0 Å². The molecule has 1 aliphatic heterocycles. The number of carbonyl (C=O) groups is 1. The second-order valence-corrected chi connectivity index (χ2v) is 5.42. The molecule has 5 heteroatoms. The average molecular weight is 255 g/mol. The molecule has 1 fully saturated rings. The van der Waals surface area contributed by atoms with Gasteiger partial charge in [-0.25, -0.2) is 0 Å². The largest absolute Gasteiger partial charge is 0.409 e. The van der Waals surface area contributed by atoms with Crippen molar-refractivity contribution in [3.63, 3.8) is 0 Å². The van der Waals surface area contributed by atoms with E-state index in [9.17, 15) is 4.79 Å². The van der Waals surface area contributed by atoms with Gasteiger partial charge in [-0.2, -0.15) is 0 Å². The van der Waals surface area contributed by atoms with Gasteiger partial charge in [0.15, 0.2) is 5.84 Å². The fourth-order valence-corrected chi connectivity index (χ4v) is 2.98. The SMILES string of the molecule is CCC(CC)(C(=O)N1CC(C)CC1C)C(N)=NO. The second-order valence-electron chi connectivity index (χ2n) is 5.42. The predicted octanol–water partition coefficient (Wildman–Crippen LogP) is 1.80. The van der Waals surface area contributed by atoms with Crippen LogP contribution in [0, 0.1) is 11.3 Å². The number of amidine groups is 1. The zero-order valence-electron chi connectivity index (χ0n) is 11.8. The van der Waals surface area contributed by atoms with Gasteiger partial charge in [-0.05, 0) is 32.1 Å². The standard InChI is InChI=1S/C13H25N3O2/c1-5-13(6-2,11(14)15-18)12(17)16-8-9(3)7-10(16)4/h9-10,18H,5-8H2,1-4H3,(H2,14,15). The first-order valence-electron chi connectivity index (χ1n) is 6.72. The van der Waals surface area contributed by atoms with Crippen molar-refractivity contribution in [3.8, 4) is 0 Å². The predicted molar refractivity (Wildman–Crippen MR) is 71.4 cm³/mol. The molecule has 0 aromatic carbocycles. The molecule has 0 aromatic rings. The molecule has 1 rings (SSSR count). The summed E-state index contributed by atoms with van der Waals surface area (Å²) in [7, 11) is 0. The number of nitrogens with zero attached hydrogens (tertiary/aromatic N) is 2. The van der Waals surface area contributed by atoms with Crippen molar-refractivity contribution in [2.24, 2.45) is 22.2 Å². The molecular weight excluding hydrogens is 230 g/mol. The van der Waals surface area contributed by atoms with Crippen LogP contribution < -0.4 is 5.73 Å². The van der Waals surface area contributed by atoms with E-state index < -0.39 is 5.41 Å². The molecule has 0 bridgehead atoms. The van der Waals surface area contributed by atoms with E-state index in [-0.39, 0.29) is 17.8 Å². The highest BCUT2D eigenvalue weighted by molar-refractivity contribution is 6.06. The van der Waals surface area contributed by atoms with Gasteiger partial charge in [0.05, 0.1) is 0 Å². The molecule has 0 aromatic heterocycles. The summed E-state index contributed by atoms with van der Waals surface area (Å²) >= 11 is 0. The van der Waals surface area contributed by atoms with E-state index in [2.05, 4.69) is 19.0 Å². The van der Waals surface area contributed by atoms with Crippen molar-refractivity contribution >= 4 is 11.7 Å². The first kappa shape index (κ1) is 14.8. The zero-order valence-corrected chi connectivity index (χ0v) is 11.8. The maximum Gasteiger partial charge on any atom is 0.236 e. The minimum atomic E-state index is -0.854. The first-order chi connectivity index (χ1) is 8.42.